The molecule has 5 aromatic rings. The molecule has 0 atom stereocenters. The van der Waals surface area contributed by atoms with Gasteiger partial charge in [-0.3, -0.25) is 25.0 Å². The maximum Gasteiger partial charge on any atom is 0.270 e. The number of nitrogens with zero attached hydrogens (tertiary/aromatic N) is 2. The van der Waals surface area contributed by atoms with E-state index < -0.39 is 21.2 Å². The van der Waals surface area contributed by atoms with Gasteiger partial charge < -0.3 is 15.3 Å². The first-order valence-electron chi connectivity index (χ1n) is 10.4. The zero-order chi connectivity index (χ0) is 24.5. The fourth-order valence-electron chi connectivity index (χ4n) is 5.02. The molecule has 172 valence electrons. The molecular weight excluding hydrogens is 474 g/mol. The third-order valence-corrected chi connectivity index (χ3v) is 6.77. The number of nitrogens with one attached hydrogen (secondary N) is 3. The first-order valence-corrected chi connectivity index (χ1v) is 10.8. The van der Waals surface area contributed by atoms with Crippen molar-refractivity contribution < 1.29 is 14.6 Å². The first kappa shape index (κ1) is 20.9. The standard InChI is InChI=1S/C24H14ClN5O5/c25-12-1-4-22-17(7-12)24(23(31)28-22,18-10-26-20-5-2-13(29(32)33)8-15(18)20)19-11-27-21-6-3-14(30(34)35)9-16(19)21/h1-11,26-27H,(H,28,31). The van der Waals surface area contributed by atoms with Crippen LogP contribution in [0, 0.1) is 20.2 Å². The van der Waals surface area contributed by atoms with E-state index in [1.165, 1.54) is 24.3 Å². The zero-order valence-corrected chi connectivity index (χ0v) is 18.4. The molecule has 0 radical (unpaired) electrons. The minimum Gasteiger partial charge on any atom is -0.361 e. The van der Waals surface area contributed by atoms with Crippen LogP contribution in [0.1, 0.15) is 16.7 Å². The molecule has 3 N–H and O–H groups in total. The number of amides is 1. The molecule has 1 amide bonds. The number of H-pyrrole nitrogens is 2. The molecule has 2 aromatic heterocycles. The Balaban J connectivity index is 1.77. The molecule has 0 spiro atoms. The fourth-order valence-corrected chi connectivity index (χ4v) is 5.19. The molecule has 0 saturated carbocycles. The highest BCUT2D eigenvalue weighted by Gasteiger charge is 2.52. The summed E-state index contributed by atoms with van der Waals surface area (Å²) in [6, 6.07) is 13.7. The molecule has 35 heavy (non-hydrogen) atoms. The average molecular weight is 488 g/mol. The number of hydrogen-bond acceptors (Lipinski definition) is 5. The third kappa shape index (κ3) is 2.80. The Morgan fingerprint density at radius 3 is 1.80 bits per heavy atom. The average Bonchev–Trinajstić information content (AvgIpc) is 3.52. The third-order valence-electron chi connectivity index (χ3n) is 6.53. The molecule has 10 nitrogen and oxygen atoms in total. The number of hydrogen-bond donors (Lipinski definition) is 3. The van der Waals surface area contributed by atoms with Gasteiger partial charge in [-0.15, -0.1) is 0 Å². The van der Waals surface area contributed by atoms with Gasteiger partial charge in [-0.25, -0.2) is 0 Å². The molecular formula is C24H14ClN5O5. The number of benzene rings is 3. The van der Waals surface area contributed by atoms with Gasteiger partial charge in [0.05, 0.1) is 9.85 Å². The first-order chi connectivity index (χ1) is 16.8. The lowest BCUT2D eigenvalue weighted by Gasteiger charge is -2.27. The van der Waals surface area contributed by atoms with Crippen molar-refractivity contribution in [2.24, 2.45) is 0 Å². The number of nitro benzene ring substituents is 2. The summed E-state index contributed by atoms with van der Waals surface area (Å²) >= 11 is 6.36. The van der Waals surface area contributed by atoms with Gasteiger partial charge in [0.15, 0.2) is 0 Å². The molecule has 1 aliphatic rings. The summed E-state index contributed by atoms with van der Waals surface area (Å²) in [4.78, 5) is 42.2. The largest absolute Gasteiger partial charge is 0.361 e. The van der Waals surface area contributed by atoms with Crippen LogP contribution in [0.25, 0.3) is 21.8 Å². The number of aromatic amines is 2. The van der Waals surface area contributed by atoms with E-state index in [0.29, 0.717) is 49.2 Å². The molecule has 11 heteroatoms. The van der Waals surface area contributed by atoms with Gasteiger partial charge in [0.1, 0.15) is 5.41 Å². The summed E-state index contributed by atoms with van der Waals surface area (Å²) < 4.78 is 0. The lowest BCUT2D eigenvalue weighted by atomic mass is 9.70. The predicted molar refractivity (Wildman–Crippen MR) is 130 cm³/mol. The number of anilines is 1. The van der Waals surface area contributed by atoms with Crippen molar-refractivity contribution in [3.8, 4) is 0 Å². The van der Waals surface area contributed by atoms with Crippen molar-refractivity contribution in [1.29, 1.82) is 0 Å². The fraction of sp³-hybridized carbons (Fsp3) is 0.0417. The lowest BCUT2D eigenvalue weighted by molar-refractivity contribution is -0.384. The van der Waals surface area contributed by atoms with Crippen LogP contribution in [0.3, 0.4) is 0 Å². The minimum absolute atomic E-state index is 0.132. The Kier molecular flexibility index (Phi) is 4.26. The van der Waals surface area contributed by atoms with Gasteiger partial charge >= 0.3 is 0 Å². The van der Waals surface area contributed by atoms with E-state index >= 15 is 0 Å². The zero-order valence-electron chi connectivity index (χ0n) is 17.7. The number of halogens is 1. The van der Waals surface area contributed by atoms with E-state index in [4.69, 9.17) is 11.6 Å². The quantitative estimate of drug-likeness (QED) is 0.229. The number of carbonyl (C=O) groups excluding carboxylic acids is 1. The maximum atomic E-state index is 13.9. The Bertz CT molecular complexity index is 1650. The van der Waals surface area contributed by atoms with Crippen LogP contribution >= 0.6 is 11.6 Å². The van der Waals surface area contributed by atoms with Crippen molar-refractivity contribution in [3.63, 3.8) is 0 Å². The SMILES string of the molecule is O=C1Nc2ccc(Cl)cc2C1(c1c[nH]c2ccc([N+](=O)[O-])cc12)c1c[nH]c2ccc([N+](=O)[O-])cc12. The van der Waals surface area contributed by atoms with E-state index in [1.54, 1.807) is 42.7 Å². The highest BCUT2D eigenvalue weighted by Crippen LogP contribution is 2.52. The van der Waals surface area contributed by atoms with Crippen molar-refractivity contribution in [2.75, 3.05) is 5.32 Å². The summed E-state index contributed by atoms with van der Waals surface area (Å²) in [5.41, 5.74) is 1.41. The summed E-state index contributed by atoms with van der Waals surface area (Å²) in [5.74, 6) is -0.408. The highest BCUT2D eigenvalue weighted by molar-refractivity contribution is 6.31. The summed E-state index contributed by atoms with van der Waals surface area (Å²) in [7, 11) is 0. The lowest BCUT2D eigenvalue weighted by Crippen LogP contribution is -2.36. The van der Waals surface area contributed by atoms with E-state index in [1.807, 2.05) is 0 Å². The smallest absolute Gasteiger partial charge is 0.270 e. The number of nitro groups is 2. The second-order valence-electron chi connectivity index (χ2n) is 8.27. The highest BCUT2D eigenvalue weighted by atomic mass is 35.5. The Hall–Kier alpha value is -4.70. The second-order valence-corrected chi connectivity index (χ2v) is 8.71. The molecule has 3 aromatic carbocycles. The predicted octanol–water partition coefficient (Wildman–Crippen LogP) is 5.41. The molecule has 0 bridgehead atoms. The number of aromatic nitrogens is 2. The number of rotatable bonds is 4. The summed E-state index contributed by atoms with van der Waals surface area (Å²) in [6.45, 7) is 0. The van der Waals surface area contributed by atoms with Crippen molar-refractivity contribution in [3.05, 3.63) is 109 Å². The van der Waals surface area contributed by atoms with Crippen LogP contribution in [-0.4, -0.2) is 25.7 Å². The Morgan fingerprint density at radius 1 is 0.743 bits per heavy atom. The molecule has 0 unspecified atom stereocenters. The van der Waals surface area contributed by atoms with E-state index in [9.17, 15) is 25.0 Å². The van der Waals surface area contributed by atoms with Crippen LogP contribution in [-0.2, 0) is 10.2 Å². The maximum absolute atomic E-state index is 13.9. The molecule has 3 heterocycles. The van der Waals surface area contributed by atoms with Crippen LogP contribution < -0.4 is 5.32 Å². The van der Waals surface area contributed by atoms with Crippen molar-refractivity contribution in [2.45, 2.75) is 5.41 Å². The van der Waals surface area contributed by atoms with Gasteiger partial charge in [-0.05, 0) is 30.3 Å². The van der Waals surface area contributed by atoms with Crippen molar-refractivity contribution >= 4 is 56.4 Å². The van der Waals surface area contributed by atoms with Crippen LogP contribution in [0.15, 0.2) is 67.0 Å². The minimum atomic E-state index is -1.50. The van der Waals surface area contributed by atoms with Gasteiger partial charge in [0.25, 0.3) is 11.4 Å². The monoisotopic (exact) mass is 487 g/mol. The van der Waals surface area contributed by atoms with Crippen LogP contribution in [0.5, 0.6) is 0 Å². The number of non-ortho nitro benzene ring substituents is 2. The Labute approximate surface area is 200 Å². The van der Waals surface area contributed by atoms with E-state index in [-0.39, 0.29) is 11.4 Å². The summed E-state index contributed by atoms with van der Waals surface area (Å²) in [6.07, 6.45) is 3.28. The van der Waals surface area contributed by atoms with Crippen LogP contribution in [0.4, 0.5) is 17.1 Å². The molecule has 1 aliphatic heterocycles. The normalized spacial score (nSPS) is 14.3. The topological polar surface area (TPSA) is 147 Å². The molecule has 0 fully saturated rings. The Morgan fingerprint density at radius 2 is 1.29 bits per heavy atom. The summed E-state index contributed by atoms with van der Waals surface area (Å²) in [5, 5.41) is 27.3. The van der Waals surface area contributed by atoms with E-state index in [2.05, 4.69) is 15.3 Å². The van der Waals surface area contributed by atoms with Gasteiger partial charge in [-0.2, -0.15) is 0 Å². The van der Waals surface area contributed by atoms with Crippen molar-refractivity contribution in [1.82, 2.24) is 9.97 Å². The van der Waals surface area contributed by atoms with E-state index in [0.717, 1.165) is 0 Å². The van der Waals surface area contributed by atoms with Gasteiger partial charge in [-0.1, -0.05) is 11.6 Å². The number of carbonyl (C=O) groups is 1. The van der Waals surface area contributed by atoms with Gasteiger partial charge in [0, 0.05) is 85.9 Å². The number of fused-ring (bicyclic) bond motifs is 3. The second kappa shape index (κ2) is 7.15. The molecule has 6 rings (SSSR count). The van der Waals surface area contributed by atoms with Gasteiger partial charge in [0.2, 0.25) is 5.91 Å². The molecule has 0 saturated heterocycles. The molecule has 0 aliphatic carbocycles. The van der Waals surface area contributed by atoms with Crippen LogP contribution in [0.2, 0.25) is 5.02 Å².